The summed E-state index contributed by atoms with van der Waals surface area (Å²) in [5.41, 5.74) is 4.34. The zero-order chi connectivity index (χ0) is 17.0. The molecule has 0 unspecified atom stereocenters. The van der Waals surface area contributed by atoms with Crippen LogP contribution >= 0.6 is 0 Å². The second-order valence-corrected chi connectivity index (χ2v) is 6.38. The lowest BCUT2D eigenvalue weighted by Crippen LogP contribution is -2.30. The summed E-state index contributed by atoms with van der Waals surface area (Å²) in [7, 11) is 0. The van der Waals surface area contributed by atoms with Gasteiger partial charge in [0.05, 0.1) is 11.1 Å². The highest BCUT2D eigenvalue weighted by molar-refractivity contribution is 5.93. The molecule has 4 aromatic rings. The first-order chi connectivity index (χ1) is 12.2. The molecular formula is C20H15F2N3. The number of para-hydroxylation sites is 1. The van der Waals surface area contributed by atoms with E-state index in [1.54, 1.807) is 12.3 Å². The van der Waals surface area contributed by atoms with Crippen LogP contribution < -0.4 is 4.90 Å². The number of nitrogens with one attached hydrogen (secondary N) is 1. The molecule has 5 rings (SSSR count). The van der Waals surface area contributed by atoms with E-state index in [0.29, 0.717) is 12.2 Å². The van der Waals surface area contributed by atoms with Crippen molar-refractivity contribution in [2.24, 2.45) is 0 Å². The molecular weight excluding hydrogens is 320 g/mol. The van der Waals surface area contributed by atoms with Gasteiger partial charge >= 0.3 is 0 Å². The molecule has 3 nitrogen and oxygen atoms in total. The number of aromatic nitrogens is 2. The van der Waals surface area contributed by atoms with Crippen molar-refractivity contribution in [3.63, 3.8) is 0 Å². The minimum Gasteiger partial charge on any atom is -0.366 e. The molecule has 0 spiro atoms. The minimum absolute atomic E-state index is 0.0854. The topological polar surface area (TPSA) is 31.9 Å². The summed E-state index contributed by atoms with van der Waals surface area (Å²) >= 11 is 0. The van der Waals surface area contributed by atoms with Crippen LogP contribution in [0.2, 0.25) is 0 Å². The van der Waals surface area contributed by atoms with Gasteiger partial charge in [0.1, 0.15) is 17.2 Å². The van der Waals surface area contributed by atoms with Gasteiger partial charge in [-0.3, -0.25) is 4.98 Å². The van der Waals surface area contributed by atoms with Gasteiger partial charge in [-0.25, -0.2) is 8.78 Å². The number of H-pyrrole nitrogens is 1. The molecule has 0 saturated carbocycles. The zero-order valence-corrected chi connectivity index (χ0v) is 13.4. The number of hydrogen-bond donors (Lipinski definition) is 1. The smallest absolute Gasteiger partial charge is 0.149 e. The van der Waals surface area contributed by atoms with Crippen LogP contribution in [-0.4, -0.2) is 16.5 Å². The Morgan fingerprint density at radius 1 is 1.00 bits per heavy atom. The van der Waals surface area contributed by atoms with Crippen LogP contribution in [-0.2, 0) is 13.0 Å². The molecule has 25 heavy (non-hydrogen) atoms. The molecule has 0 radical (unpaired) electrons. The molecule has 2 aromatic carbocycles. The van der Waals surface area contributed by atoms with Gasteiger partial charge in [0.15, 0.2) is 0 Å². The van der Waals surface area contributed by atoms with Crippen LogP contribution in [0.15, 0.2) is 48.7 Å². The van der Waals surface area contributed by atoms with Crippen LogP contribution in [0.1, 0.15) is 11.3 Å². The molecule has 3 heterocycles. The number of anilines is 1. The number of rotatable bonds is 1. The molecule has 0 saturated heterocycles. The van der Waals surface area contributed by atoms with E-state index in [4.69, 9.17) is 0 Å². The minimum atomic E-state index is -0.497. The van der Waals surface area contributed by atoms with Crippen LogP contribution in [0.3, 0.4) is 0 Å². The Bertz CT molecular complexity index is 1120. The standard InChI is InChI=1S/C20H15F2N3/c21-14-5-6-15(22)20-19(14)18(7-9-23-20)25-10-8-17-13(11-25)12-3-1-2-4-16(12)24-17/h1-7,9,24H,8,10-11H2. The predicted molar refractivity (Wildman–Crippen MR) is 94.7 cm³/mol. The van der Waals surface area contributed by atoms with E-state index in [0.717, 1.165) is 24.5 Å². The number of benzene rings is 2. The molecule has 0 amide bonds. The van der Waals surface area contributed by atoms with Crippen molar-refractivity contribution in [3.8, 4) is 0 Å². The summed E-state index contributed by atoms with van der Waals surface area (Å²) in [6.07, 6.45) is 2.38. The van der Waals surface area contributed by atoms with Gasteiger partial charge in [0.25, 0.3) is 0 Å². The number of nitrogens with zero attached hydrogens (tertiary/aromatic N) is 2. The van der Waals surface area contributed by atoms with Crippen molar-refractivity contribution >= 4 is 27.5 Å². The third kappa shape index (κ3) is 2.12. The van der Waals surface area contributed by atoms with Crippen LogP contribution in [0.5, 0.6) is 0 Å². The van der Waals surface area contributed by atoms with Gasteiger partial charge in [-0.05, 0) is 24.3 Å². The molecule has 2 aromatic heterocycles. The monoisotopic (exact) mass is 335 g/mol. The van der Waals surface area contributed by atoms with Crippen LogP contribution in [0.25, 0.3) is 21.8 Å². The van der Waals surface area contributed by atoms with E-state index >= 15 is 0 Å². The summed E-state index contributed by atoms with van der Waals surface area (Å²) < 4.78 is 28.5. The zero-order valence-electron chi connectivity index (χ0n) is 13.4. The predicted octanol–water partition coefficient (Wildman–Crippen LogP) is 4.56. The highest BCUT2D eigenvalue weighted by atomic mass is 19.1. The van der Waals surface area contributed by atoms with Gasteiger partial charge in [-0.1, -0.05) is 18.2 Å². The fourth-order valence-electron chi connectivity index (χ4n) is 3.81. The number of pyridine rings is 1. The van der Waals surface area contributed by atoms with Gasteiger partial charge in [0.2, 0.25) is 0 Å². The van der Waals surface area contributed by atoms with Gasteiger partial charge in [-0.15, -0.1) is 0 Å². The van der Waals surface area contributed by atoms with Crippen molar-refractivity contribution in [3.05, 3.63) is 71.6 Å². The highest BCUT2D eigenvalue weighted by Crippen LogP contribution is 2.34. The molecule has 5 heteroatoms. The Morgan fingerprint density at radius 3 is 2.76 bits per heavy atom. The number of fused-ring (bicyclic) bond motifs is 4. The summed E-state index contributed by atoms with van der Waals surface area (Å²) in [5.74, 6) is -0.938. The lowest BCUT2D eigenvalue weighted by atomic mass is 10.0. The number of halogens is 2. The van der Waals surface area contributed by atoms with Crippen LogP contribution in [0.4, 0.5) is 14.5 Å². The molecule has 0 atom stereocenters. The van der Waals surface area contributed by atoms with Crippen LogP contribution in [0, 0.1) is 11.6 Å². The van der Waals surface area contributed by atoms with E-state index in [1.165, 1.54) is 22.7 Å². The molecule has 1 N–H and O–H groups in total. The molecule has 1 aliphatic rings. The fraction of sp³-hybridized carbons (Fsp3) is 0.150. The Hall–Kier alpha value is -2.95. The molecule has 1 aliphatic heterocycles. The highest BCUT2D eigenvalue weighted by Gasteiger charge is 2.23. The van der Waals surface area contributed by atoms with Gasteiger partial charge in [0, 0.05) is 47.9 Å². The summed E-state index contributed by atoms with van der Waals surface area (Å²) in [6, 6.07) is 12.3. The second-order valence-electron chi connectivity index (χ2n) is 6.38. The molecule has 124 valence electrons. The fourth-order valence-corrected chi connectivity index (χ4v) is 3.81. The van der Waals surface area contributed by atoms with E-state index in [2.05, 4.69) is 27.0 Å². The third-order valence-corrected chi connectivity index (χ3v) is 4.99. The van der Waals surface area contributed by atoms with Gasteiger partial charge in [-0.2, -0.15) is 0 Å². The van der Waals surface area contributed by atoms with E-state index < -0.39 is 11.6 Å². The summed E-state index contributed by atoms with van der Waals surface area (Å²) in [4.78, 5) is 9.61. The largest absolute Gasteiger partial charge is 0.366 e. The average molecular weight is 335 g/mol. The Balaban J connectivity index is 1.66. The SMILES string of the molecule is Fc1ccc(F)c2c(N3CCc4[nH]c5ccccc5c4C3)ccnc12. The quantitative estimate of drug-likeness (QED) is 0.553. The molecule has 0 aliphatic carbocycles. The lowest BCUT2D eigenvalue weighted by molar-refractivity contribution is 0.614. The second kappa shape index (κ2) is 5.28. The first-order valence-corrected chi connectivity index (χ1v) is 8.28. The molecule has 0 bridgehead atoms. The third-order valence-electron chi connectivity index (χ3n) is 4.99. The first-order valence-electron chi connectivity index (χ1n) is 8.28. The maximum Gasteiger partial charge on any atom is 0.149 e. The Kier molecular flexibility index (Phi) is 3.04. The first kappa shape index (κ1) is 14.4. The van der Waals surface area contributed by atoms with Crippen molar-refractivity contribution in [2.45, 2.75) is 13.0 Å². The summed E-state index contributed by atoms with van der Waals surface area (Å²) in [6.45, 7) is 1.41. The van der Waals surface area contributed by atoms with E-state index in [1.807, 2.05) is 12.1 Å². The Labute approximate surface area is 142 Å². The summed E-state index contributed by atoms with van der Waals surface area (Å²) in [5, 5.41) is 1.44. The van der Waals surface area contributed by atoms with E-state index in [9.17, 15) is 8.78 Å². The average Bonchev–Trinajstić information content (AvgIpc) is 3.02. The van der Waals surface area contributed by atoms with Crippen molar-refractivity contribution in [1.82, 2.24) is 9.97 Å². The molecule has 0 fully saturated rings. The van der Waals surface area contributed by atoms with Crippen molar-refractivity contribution < 1.29 is 8.78 Å². The number of aromatic amines is 1. The normalized spacial score (nSPS) is 14.2. The van der Waals surface area contributed by atoms with Crippen molar-refractivity contribution in [1.29, 1.82) is 0 Å². The lowest BCUT2D eigenvalue weighted by Gasteiger charge is -2.30. The number of hydrogen-bond acceptors (Lipinski definition) is 2. The maximum absolute atomic E-state index is 14.4. The van der Waals surface area contributed by atoms with E-state index in [-0.39, 0.29) is 10.9 Å². The maximum atomic E-state index is 14.4. The van der Waals surface area contributed by atoms with Gasteiger partial charge < -0.3 is 9.88 Å². The Morgan fingerprint density at radius 2 is 1.84 bits per heavy atom. The van der Waals surface area contributed by atoms with Crippen molar-refractivity contribution in [2.75, 3.05) is 11.4 Å².